The molecule has 0 unspecified atom stereocenters. The number of aromatic nitrogens is 4. The third-order valence-electron chi connectivity index (χ3n) is 3.83. The molecular formula is C18H15N5OS. The van der Waals surface area contributed by atoms with Crippen LogP contribution in [0.5, 0.6) is 0 Å². The van der Waals surface area contributed by atoms with Gasteiger partial charge in [0.2, 0.25) is 4.96 Å². The van der Waals surface area contributed by atoms with E-state index < -0.39 is 0 Å². The third kappa shape index (κ3) is 2.89. The highest BCUT2D eigenvalue weighted by Gasteiger charge is 2.11. The Hall–Kier alpha value is -3.06. The lowest BCUT2D eigenvalue weighted by Gasteiger charge is -2.11. The highest BCUT2D eigenvalue weighted by atomic mass is 32.1. The fraction of sp³-hybridized carbons (Fsp3) is 0.111. The second kappa shape index (κ2) is 6.10. The van der Waals surface area contributed by atoms with Gasteiger partial charge in [-0.05, 0) is 35.9 Å². The van der Waals surface area contributed by atoms with E-state index in [9.17, 15) is 4.79 Å². The summed E-state index contributed by atoms with van der Waals surface area (Å²) in [4.78, 5) is 23.6. The van der Waals surface area contributed by atoms with Gasteiger partial charge in [-0.15, -0.1) is 5.10 Å². The lowest BCUT2D eigenvalue weighted by Crippen LogP contribution is -2.23. The topological polar surface area (TPSA) is 63.4 Å². The predicted molar refractivity (Wildman–Crippen MR) is 99.9 cm³/mol. The van der Waals surface area contributed by atoms with Gasteiger partial charge in [0, 0.05) is 37.7 Å². The summed E-state index contributed by atoms with van der Waals surface area (Å²) in [6, 6.07) is 11.7. The van der Waals surface area contributed by atoms with Crippen molar-refractivity contribution in [3.63, 3.8) is 0 Å². The van der Waals surface area contributed by atoms with Crippen LogP contribution in [0, 0.1) is 0 Å². The molecule has 3 aromatic heterocycles. The minimum atomic E-state index is -0.149. The molecule has 7 heteroatoms. The summed E-state index contributed by atoms with van der Waals surface area (Å²) in [6.45, 7) is 0. The molecule has 6 nitrogen and oxygen atoms in total. The number of hydrogen-bond acceptors (Lipinski definition) is 6. The van der Waals surface area contributed by atoms with Crippen LogP contribution < -0.4 is 15.0 Å². The summed E-state index contributed by atoms with van der Waals surface area (Å²) in [5.41, 5.74) is 2.78. The number of anilines is 1. The Kier molecular flexibility index (Phi) is 3.77. The van der Waals surface area contributed by atoms with Crippen LogP contribution in [-0.4, -0.2) is 33.7 Å². The maximum Gasteiger partial charge on any atom is 0.291 e. The predicted octanol–water partition coefficient (Wildman–Crippen LogP) is 1.83. The van der Waals surface area contributed by atoms with Crippen LogP contribution in [0.15, 0.2) is 53.6 Å². The second-order valence-corrected chi connectivity index (χ2v) is 6.78. The molecule has 124 valence electrons. The maximum absolute atomic E-state index is 12.6. The lowest BCUT2D eigenvalue weighted by atomic mass is 10.2. The molecule has 0 fully saturated rings. The normalized spacial score (nSPS) is 12.0. The highest BCUT2D eigenvalue weighted by molar-refractivity contribution is 7.15. The van der Waals surface area contributed by atoms with Crippen LogP contribution in [0.2, 0.25) is 0 Å². The quantitative estimate of drug-likeness (QED) is 0.565. The van der Waals surface area contributed by atoms with Crippen LogP contribution in [0.25, 0.3) is 22.4 Å². The maximum atomic E-state index is 12.6. The van der Waals surface area contributed by atoms with Crippen LogP contribution in [0.1, 0.15) is 5.56 Å². The Labute approximate surface area is 147 Å². The summed E-state index contributed by atoms with van der Waals surface area (Å²) in [5.74, 6) is 0.535. The van der Waals surface area contributed by atoms with Crippen molar-refractivity contribution in [3.8, 4) is 11.4 Å². The minimum absolute atomic E-state index is 0.149. The third-order valence-corrected chi connectivity index (χ3v) is 4.79. The zero-order chi connectivity index (χ0) is 17.4. The molecule has 0 radical (unpaired) electrons. The van der Waals surface area contributed by atoms with Gasteiger partial charge in [-0.1, -0.05) is 23.5 Å². The van der Waals surface area contributed by atoms with E-state index in [1.165, 1.54) is 15.9 Å². The van der Waals surface area contributed by atoms with E-state index in [1.54, 1.807) is 12.4 Å². The summed E-state index contributed by atoms with van der Waals surface area (Å²) in [6.07, 6.45) is 5.23. The lowest BCUT2D eigenvalue weighted by molar-refractivity contribution is 0.936. The molecule has 0 aliphatic heterocycles. The van der Waals surface area contributed by atoms with E-state index in [4.69, 9.17) is 0 Å². The summed E-state index contributed by atoms with van der Waals surface area (Å²) < 4.78 is 1.98. The standard InChI is InChI=1S/C18H15N5OS/c1-22(2)14-5-3-12(4-6-14)11-15-17(24)23-18(25-15)20-16(21-23)13-7-9-19-10-8-13/h3-11H,1-2H3/b15-11+. The van der Waals surface area contributed by atoms with Gasteiger partial charge in [-0.25, -0.2) is 0 Å². The molecule has 0 bridgehead atoms. The number of pyridine rings is 1. The van der Waals surface area contributed by atoms with E-state index in [1.807, 2.05) is 61.5 Å². The Morgan fingerprint density at radius 2 is 1.80 bits per heavy atom. The zero-order valence-electron chi connectivity index (χ0n) is 13.7. The van der Waals surface area contributed by atoms with Gasteiger partial charge in [-0.2, -0.15) is 9.50 Å². The van der Waals surface area contributed by atoms with Crippen molar-refractivity contribution < 1.29 is 0 Å². The Bertz CT molecular complexity index is 1130. The summed E-state index contributed by atoms with van der Waals surface area (Å²) >= 11 is 1.34. The van der Waals surface area contributed by atoms with E-state index in [0.29, 0.717) is 15.3 Å². The molecule has 0 atom stereocenters. The van der Waals surface area contributed by atoms with E-state index >= 15 is 0 Å². The first-order valence-corrected chi connectivity index (χ1v) is 8.52. The van der Waals surface area contributed by atoms with Gasteiger partial charge in [0.1, 0.15) is 0 Å². The molecular weight excluding hydrogens is 334 g/mol. The van der Waals surface area contributed by atoms with Gasteiger partial charge in [0.05, 0.1) is 4.53 Å². The number of rotatable bonds is 3. The number of benzene rings is 1. The minimum Gasteiger partial charge on any atom is -0.378 e. The zero-order valence-corrected chi connectivity index (χ0v) is 14.6. The molecule has 0 saturated carbocycles. The molecule has 4 rings (SSSR count). The Balaban J connectivity index is 1.75. The summed E-state index contributed by atoms with van der Waals surface area (Å²) in [7, 11) is 3.99. The van der Waals surface area contributed by atoms with Gasteiger partial charge < -0.3 is 4.90 Å². The molecule has 3 heterocycles. The van der Waals surface area contributed by atoms with Gasteiger partial charge >= 0.3 is 0 Å². The molecule has 0 spiro atoms. The van der Waals surface area contributed by atoms with Gasteiger partial charge in [0.15, 0.2) is 5.82 Å². The van der Waals surface area contributed by atoms with Crippen molar-refractivity contribution in [2.45, 2.75) is 0 Å². The first-order chi connectivity index (χ1) is 12.1. The highest BCUT2D eigenvalue weighted by Crippen LogP contribution is 2.15. The monoisotopic (exact) mass is 349 g/mol. The van der Waals surface area contributed by atoms with Crippen LogP contribution >= 0.6 is 11.3 Å². The van der Waals surface area contributed by atoms with Crippen LogP contribution in [0.3, 0.4) is 0 Å². The summed E-state index contributed by atoms with van der Waals surface area (Å²) in [5, 5.41) is 4.33. The smallest absolute Gasteiger partial charge is 0.291 e. The van der Waals surface area contributed by atoms with Gasteiger partial charge in [0.25, 0.3) is 5.56 Å². The van der Waals surface area contributed by atoms with E-state index in [-0.39, 0.29) is 5.56 Å². The average molecular weight is 349 g/mol. The molecule has 0 aliphatic carbocycles. The first kappa shape index (κ1) is 15.5. The Morgan fingerprint density at radius 1 is 1.08 bits per heavy atom. The molecule has 0 saturated heterocycles. The SMILES string of the molecule is CN(C)c1ccc(/C=c2/sc3nc(-c4ccncc4)nn3c2=O)cc1. The fourth-order valence-corrected chi connectivity index (χ4v) is 3.38. The van der Waals surface area contributed by atoms with Crippen molar-refractivity contribution >= 4 is 28.1 Å². The van der Waals surface area contributed by atoms with Crippen molar-refractivity contribution in [2.24, 2.45) is 0 Å². The van der Waals surface area contributed by atoms with Crippen LogP contribution in [0.4, 0.5) is 5.69 Å². The Morgan fingerprint density at radius 3 is 2.44 bits per heavy atom. The largest absolute Gasteiger partial charge is 0.378 e. The average Bonchev–Trinajstić information content (AvgIpc) is 3.16. The number of thiazole rings is 1. The molecule has 1 aromatic carbocycles. The van der Waals surface area contributed by atoms with Gasteiger partial charge in [-0.3, -0.25) is 9.78 Å². The molecule has 0 amide bonds. The van der Waals surface area contributed by atoms with E-state index in [2.05, 4.69) is 15.1 Å². The number of nitrogens with zero attached hydrogens (tertiary/aromatic N) is 5. The van der Waals surface area contributed by atoms with Crippen molar-refractivity contribution in [1.29, 1.82) is 0 Å². The molecule has 25 heavy (non-hydrogen) atoms. The fourth-order valence-electron chi connectivity index (χ4n) is 2.48. The van der Waals surface area contributed by atoms with Crippen molar-refractivity contribution in [3.05, 3.63) is 69.2 Å². The number of hydrogen-bond donors (Lipinski definition) is 0. The number of fused-ring (bicyclic) bond motifs is 1. The second-order valence-electron chi connectivity index (χ2n) is 5.77. The van der Waals surface area contributed by atoms with Crippen molar-refractivity contribution in [2.75, 3.05) is 19.0 Å². The first-order valence-electron chi connectivity index (χ1n) is 7.71. The van der Waals surface area contributed by atoms with Crippen LogP contribution in [-0.2, 0) is 0 Å². The molecule has 0 N–H and O–H groups in total. The van der Waals surface area contributed by atoms with Crippen molar-refractivity contribution in [1.82, 2.24) is 19.6 Å². The molecule has 4 aromatic rings. The van der Waals surface area contributed by atoms with E-state index in [0.717, 1.165) is 16.8 Å². The molecule has 0 aliphatic rings.